The first-order valence-electron chi connectivity index (χ1n) is 9.81. The molecule has 0 saturated heterocycles. The predicted molar refractivity (Wildman–Crippen MR) is 110 cm³/mol. The van der Waals surface area contributed by atoms with E-state index in [1.165, 1.54) is 24.0 Å². The molecular weight excluding hydrogens is 332 g/mol. The Hall–Kier alpha value is -2.88. The molecule has 1 aliphatic heterocycles. The lowest BCUT2D eigenvalue weighted by molar-refractivity contribution is 0.585. The van der Waals surface area contributed by atoms with E-state index in [1.807, 2.05) is 18.2 Å². The predicted octanol–water partition coefficient (Wildman–Crippen LogP) is 5.05. The number of nitrogens with one attached hydrogen (secondary N) is 1. The second-order valence-electron chi connectivity index (χ2n) is 7.68. The minimum absolute atomic E-state index is 0.423. The Morgan fingerprint density at radius 1 is 0.926 bits per heavy atom. The third-order valence-corrected chi connectivity index (χ3v) is 5.52. The molecule has 1 saturated carbocycles. The highest BCUT2D eigenvalue weighted by Gasteiger charge is 2.30. The third kappa shape index (κ3) is 3.39. The number of para-hydroxylation sites is 1. The summed E-state index contributed by atoms with van der Waals surface area (Å²) in [6, 6.07) is 21.5. The van der Waals surface area contributed by atoms with Crippen LogP contribution in [0, 0.1) is 0 Å². The molecule has 1 fully saturated rings. The van der Waals surface area contributed by atoms with E-state index < -0.39 is 0 Å². The number of hydrogen-bond donors (Lipinski definition) is 1. The fraction of sp³-hybridized carbons (Fsp3) is 0.304. The van der Waals surface area contributed by atoms with E-state index in [0.717, 1.165) is 36.1 Å². The summed E-state index contributed by atoms with van der Waals surface area (Å²) in [4.78, 5) is 12.2. The van der Waals surface area contributed by atoms with Crippen LogP contribution >= 0.6 is 0 Å². The van der Waals surface area contributed by atoms with E-state index >= 15 is 0 Å². The fourth-order valence-electron chi connectivity index (χ4n) is 3.84. The molecule has 0 unspecified atom stereocenters. The van der Waals surface area contributed by atoms with E-state index in [9.17, 15) is 0 Å². The first-order valence-corrected chi connectivity index (χ1v) is 9.81. The van der Waals surface area contributed by atoms with Gasteiger partial charge in [-0.3, -0.25) is 0 Å². The van der Waals surface area contributed by atoms with E-state index in [1.54, 1.807) is 0 Å². The van der Waals surface area contributed by atoms with Gasteiger partial charge in [0.15, 0.2) is 0 Å². The fourth-order valence-corrected chi connectivity index (χ4v) is 3.84. The molecule has 2 aromatic carbocycles. The van der Waals surface area contributed by atoms with Crippen LogP contribution in [0.15, 0.2) is 60.7 Å². The largest absolute Gasteiger partial charge is 0.349 e. The van der Waals surface area contributed by atoms with Crippen LogP contribution in [0.4, 0.5) is 17.3 Å². The van der Waals surface area contributed by atoms with Crippen LogP contribution in [0.2, 0.25) is 0 Å². The van der Waals surface area contributed by atoms with Gasteiger partial charge in [0.2, 0.25) is 0 Å². The van der Waals surface area contributed by atoms with E-state index in [-0.39, 0.29) is 0 Å². The van der Waals surface area contributed by atoms with E-state index in [0.29, 0.717) is 12.0 Å². The normalized spacial score (nSPS) is 18.9. The lowest BCUT2D eigenvalue weighted by Gasteiger charge is -2.36. The van der Waals surface area contributed by atoms with Crippen molar-refractivity contribution in [2.24, 2.45) is 0 Å². The average molecular weight is 356 g/mol. The molecule has 27 heavy (non-hydrogen) atoms. The Morgan fingerprint density at radius 2 is 1.67 bits per heavy atom. The lowest BCUT2D eigenvalue weighted by Crippen LogP contribution is -2.39. The van der Waals surface area contributed by atoms with Crippen LogP contribution in [0.5, 0.6) is 0 Å². The van der Waals surface area contributed by atoms with Gasteiger partial charge < -0.3 is 10.2 Å². The van der Waals surface area contributed by atoms with Crippen molar-refractivity contribution in [1.29, 1.82) is 0 Å². The van der Waals surface area contributed by atoms with Crippen LogP contribution < -0.4 is 10.2 Å². The van der Waals surface area contributed by atoms with Crippen molar-refractivity contribution in [3.05, 3.63) is 77.6 Å². The Bertz CT molecular complexity index is 950. The molecule has 3 aromatic rings. The van der Waals surface area contributed by atoms with Gasteiger partial charge in [-0.05, 0) is 49.4 Å². The van der Waals surface area contributed by atoms with Gasteiger partial charge in [0.25, 0.3) is 0 Å². The average Bonchev–Trinajstić information content (AvgIpc) is 3.53. The minimum Gasteiger partial charge on any atom is -0.349 e. The molecule has 2 aliphatic rings. The number of fused-ring (bicyclic) bond motifs is 1. The Labute approximate surface area is 160 Å². The second kappa shape index (κ2) is 6.69. The molecule has 4 nitrogen and oxygen atoms in total. The van der Waals surface area contributed by atoms with Gasteiger partial charge in [0, 0.05) is 30.3 Å². The van der Waals surface area contributed by atoms with Crippen LogP contribution in [-0.4, -0.2) is 16.0 Å². The monoisotopic (exact) mass is 356 g/mol. The van der Waals surface area contributed by atoms with Gasteiger partial charge in [0.1, 0.15) is 17.5 Å². The molecule has 136 valence electrons. The van der Waals surface area contributed by atoms with Crippen molar-refractivity contribution in [1.82, 2.24) is 9.97 Å². The van der Waals surface area contributed by atoms with Gasteiger partial charge in [0.05, 0.1) is 0 Å². The summed E-state index contributed by atoms with van der Waals surface area (Å²) in [6.07, 6.45) is 3.46. The molecule has 0 radical (unpaired) electrons. The molecule has 0 amide bonds. The number of benzene rings is 2. The summed E-state index contributed by atoms with van der Waals surface area (Å²) in [7, 11) is 0. The Balaban J connectivity index is 1.50. The number of rotatable bonds is 4. The van der Waals surface area contributed by atoms with Crippen molar-refractivity contribution in [2.45, 2.75) is 44.7 Å². The maximum Gasteiger partial charge on any atom is 0.136 e. The Kier molecular flexibility index (Phi) is 4.04. The molecule has 1 aliphatic carbocycles. The molecule has 4 heteroatoms. The molecule has 0 spiro atoms. The van der Waals surface area contributed by atoms with Crippen molar-refractivity contribution < 1.29 is 0 Å². The molecule has 1 atom stereocenters. The van der Waals surface area contributed by atoms with Gasteiger partial charge in [-0.1, -0.05) is 42.5 Å². The van der Waals surface area contributed by atoms with Crippen LogP contribution in [-0.2, 0) is 13.0 Å². The molecule has 5 rings (SSSR count). The zero-order chi connectivity index (χ0) is 18.2. The van der Waals surface area contributed by atoms with Gasteiger partial charge in [-0.25, -0.2) is 9.97 Å². The summed E-state index contributed by atoms with van der Waals surface area (Å²) in [5.74, 6) is 3.43. The first-order chi connectivity index (χ1) is 13.3. The van der Waals surface area contributed by atoms with Crippen LogP contribution in [0.1, 0.15) is 42.6 Å². The topological polar surface area (TPSA) is 41.0 Å². The van der Waals surface area contributed by atoms with Gasteiger partial charge in [-0.2, -0.15) is 0 Å². The highest BCUT2D eigenvalue weighted by molar-refractivity contribution is 5.60. The summed E-state index contributed by atoms with van der Waals surface area (Å²) < 4.78 is 0. The van der Waals surface area contributed by atoms with Crippen LogP contribution in [0.25, 0.3) is 0 Å². The van der Waals surface area contributed by atoms with Crippen molar-refractivity contribution in [3.8, 4) is 0 Å². The standard InChI is InChI=1S/C23H24N4/c1-16-13-18-7-5-6-8-19(18)15-27(16)22-14-21(24-20-9-3-2-4-10-20)25-23(26-22)17-11-12-17/h2-10,14,16-17H,11-13,15H2,1H3,(H,24,25,26)/t16-/m0/s1. The van der Waals surface area contributed by atoms with Crippen molar-refractivity contribution in [3.63, 3.8) is 0 Å². The number of hydrogen-bond acceptors (Lipinski definition) is 4. The van der Waals surface area contributed by atoms with Gasteiger partial charge in [-0.15, -0.1) is 0 Å². The maximum absolute atomic E-state index is 4.96. The zero-order valence-electron chi connectivity index (χ0n) is 15.6. The number of anilines is 3. The van der Waals surface area contributed by atoms with Crippen molar-refractivity contribution in [2.75, 3.05) is 10.2 Å². The molecule has 2 heterocycles. The summed E-state index contributed by atoms with van der Waals surface area (Å²) >= 11 is 0. The number of nitrogens with zero attached hydrogens (tertiary/aromatic N) is 3. The first kappa shape index (κ1) is 16.3. The SMILES string of the molecule is C[C@H]1Cc2ccccc2CN1c1cc(Nc2ccccc2)nc(C2CC2)n1. The van der Waals surface area contributed by atoms with Crippen molar-refractivity contribution >= 4 is 17.3 Å². The third-order valence-electron chi connectivity index (χ3n) is 5.52. The molecular formula is C23H24N4. The molecule has 1 N–H and O–H groups in total. The highest BCUT2D eigenvalue weighted by Crippen LogP contribution is 2.40. The second-order valence-corrected chi connectivity index (χ2v) is 7.68. The lowest BCUT2D eigenvalue weighted by atomic mass is 9.95. The highest BCUT2D eigenvalue weighted by atomic mass is 15.2. The Morgan fingerprint density at radius 3 is 2.44 bits per heavy atom. The quantitative estimate of drug-likeness (QED) is 0.710. The smallest absolute Gasteiger partial charge is 0.136 e. The van der Waals surface area contributed by atoms with Gasteiger partial charge >= 0.3 is 0 Å². The number of aromatic nitrogens is 2. The minimum atomic E-state index is 0.423. The maximum atomic E-state index is 4.96. The molecule has 0 bridgehead atoms. The summed E-state index contributed by atoms with van der Waals surface area (Å²) in [6.45, 7) is 3.20. The van der Waals surface area contributed by atoms with Crippen LogP contribution in [0.3, 0.4) is 0 Å². The molecule has 1 aromatic heterocycles. The summed E-state index contributed by atoms with van der Waals surface area (Å²) in [5, 5.41) is 3.46. The zero-order valence-corrected chi connectivity index (χ0v) is 15.6. The van der Waals surface area contributed by atoms with E-state index in [4.69, 9.17) is 9.97 Å². The summed E-state index contributed by atoms with van der Waals surface area (Å²) in [5.41, 5.74) is 3.92. The van der Waals surface area contributed by atoms with E-state index in [2.05, 4.69) is 59.6 Å².